The van der Waals surface area contributed by atoms with Gasteiger partial charge < -0.3 is 19.9 Å². The summed E-state index contributed by atoms with van der Waals surface area (Å²) in [7, 11) is 0. The Morgan fingerprint density at radius 3 is 3.12 bits per heavy atom. The van der Waals surface area contributed by atoms with Gasteiger partial charge in [-0.15, -0.1) is 0 Å². The Hall–Kier alpha value is 0.190. The van der Waals surface area contributed by atoms with Crippen LogP contribution in [0.1, 0.15) is 19.3 Å². The fourth-order valence-electron chi connectivity index (χ4n) is 2.17. The molecule has 2 aliphatic rings. The molecule has 2 fully saturated rings. The van der Waals surface area contributed by atoms with Gasteiger partial charge in [0, 0.05) is 24.9 Å². The molecule has 2 saturated heterocycles. The fourth-order valence-corrected chi connectivity index (χ4v) is 3.36. The first-order chi connectivity index (χ1) is 8.34. The van der Waals surface area contributed by atoms with E-state index in [4.69, 9.17) is 9.47 Å². The molecule has 5 heteroatoms. The van der Waals surface area contributed by atoms with Crippen molar-refractivity contribution in [2.45, 2.75) is 37.5 Å². The van der Waals surface area contributed by atoms with E-state index in [1.165, 1.54) is 17.9 Å². The Labute approximate surface area is 107 Å². The summed E-state index contributed by atoms with van der Waals surface area (Å²) < 4.78 is 10.9. The molecular formula is C12H23NO3S. The number of nitrogens with one attached hydrogen (secondary N) is 1. The number of aliphatic hydroxyl groups excluding tert-OH is 1. The topological polar surface area (TPSA) is 50.7 Å². The van der Waals surface area contributed by atoms with Gasteiger partial charge in [0.15, 0.2) is 0 Å². The molecule has 17 heavy (non-hydrogen) atoms. The Morgan fingerprint density at radius 2 is 2.41 bits per heavy atom. The molecule has 0 aromatic heterocycles. The van der Waals surface area contributed by atoms with Crippen LogP contribution in [0.5, 0.6) is 0 Å². The Morgan fingerprint density at radius 1 is 1.47 bits per heavy atom. The number of thioether (sulfide) groups is 1. The molecule has 100 valence electrons. The molecule has 0 aromatic rings. The van der Waals surface area contributed by atoms with Gasteiger partial charge in [0.25, 0.3) is 0 Å². The van der Waals surface area contributed by atoms with Gasteiger partial charge in [-0.25, -0.2) is 0 Å². The van der Waals surface area contributed by atoms with Crippen molar-refractivity contribution in [3.8, 4) is 0 Å². The molecule has 2 heterocycles. The first-order valence-electron chi connectivity index (χ1n) is 6.53. The largest absolute Gasteiger partial charge is 0.389 e. The smallest absolute Gasteiger partial charge is 0.0897 e. The zero-order valence-corrected chi connectivity index (χ0v) is 11.1. The van der Waals surface area contributed by atoms with Crippen molar-refractivity contribution in [1.29, 1.82) is 0 Å². The van der Waals surface area contributed by atoms with Crippen molar-refractivity contribution in [1.82, 2.24) is 5.32 Å². The second kappa shape index (κ2) is 7.59. The van der Waals surface area contributed by atoms with Gasteiger partial charge in [-0.05, 0) is 25.0 Å². The van der Waals surface area contributed by atoms with E-state index in [1.54, 1.807) is 0 Å². The fraction of sp³-hybridized carbons (Fsp3) is 1.00. The highest BCUT2D eigenvalue weighted by Gasteiger charge is 2.18. The SMILES string of the molecule is OC(CNC1CCSC1)COCC1CCCO1. The normalized spacial score (nSPS) is 30.9. The van der Waals surface area contributed by atoms with E-state index in [2.05, 4.69) is 5.32 Å². The summed E-state index contributed by atoms with van der Waals surface area (Å²) >= 11 is 1.98. The van der Waals surface area contributed by atoms with E-state index in [9.17, 15) is 5.11 Å². The maximum Gasteiger partial charge on any atom is 0.0897 e. The molecule has 0 aliphatic carbocycles. The number of aliphatic hydroxyl groups is 1. The molecule has 0 bridgehead atoms. The van der Waals surface area contributed by atoms with Crippen LogP contribution < -0.4 is 5.32 Å². The van der Waals surface area contributed by atoms with Crippen LogP contribution in [0.4, 0.5) is 0 Å². The van der Waals surface area contributed by atoms with Gasteiger partial charge >= 0.3 is 0 Å². The molecule has 2 aliphatic heterocycles. The quantitative estimate of drug-likeness (QED) is 0.704. The Kier molecular flexibility index (Phi) is 6.08. The maximum absolute atomic E-state index is 9.75. The molecular weight excluding hydrogens is 238 g/mol. The van der Waals surface area contributed by atoms with Gasteiger partial charge in [-0.2, -0.15) is 11.8 Å². The zero-order chi connectivity index (χ0) is 11.9. The van der Waals surface area contributed by atoms with Crippen molar-refractivity contribution >= 4 is 11.8 Å². The third kappa shape index (κ3) is 5.14. The van der Waals surface area contributed by atoms with Gasteiger partial charge in [-0.1, -0.05) is 0 Å². The monoisotopic (exact) mass is 261 g/mol. The molecule has 0 spiro atoms. The van der Waals surface area contributed by atoms with Crippen LogP contribution in [0.2, 0.25) is 0 Å². The van der Waals surface area contributed by atoms with Crippen molar-refractivity contribution in [3.05, 3.63) is 0 Å². The second-order valence-electron chi connectivity index (χ2n) is 4.80. The number of hydrogen-bond acceptors (Lipinski definition) is 5. The van der Waals surface area contributed by atoms with Crippen LogP contribution in [0.15, 0.2) is 0 Å². The number of ether oxygens (including phenoxy) is 2. The lowest BCUT2D eigenvalue weighted by molar-refractivity contribution is -0.0168. The van der Waals surface area contributed by atoms with E-state index >= 15 is 0 Å². The molecule has 0 radical (unpaired) electrons. The summed E-state index contributed by atoms with van der Waals surface area (Å²) in [6.45, 7) is 2.53. The van der Waals surface area contributed by atoms with E-state index in [0.29, 0.717) is 25.8 Å². The molecule has 3 unspecified atom stereocenters. The number of hydrogen-bond donors (Lipinski definition) is 2. The van der Waals surface area contributed by atoms with Gasteiger partial charge in [0.05, 0.1) is 25.4 Å². The standard InChI is InChI=1S/C12H23NO3S/c14-11(6-13-10-3-5-17-9-10)7-15-8-12-2-1-4-16-12/h10-14H,1-9H2. The minimum absolute atomic E-state index is 0.251. The first-order valence-corrected chi connectivity index (χ1v) is 7.68. The summed E-state index contributed by atoms with van der Waals surface area (Å²) in [6, 6.07) is 0.577. The molecule has 3 atom stereocenters. The lowest BCUT2D eigenvalue weighted by Crippen LogP contribution is -2.37. The summed E-state index contributed by atoms with van der Waals surface area (Å²) in [5, 5.41) is 13.1. The van der Waals surface area contributed by atoms with Crippen LogP contribution in [0, 0.1) is 0 Å². The highest BCUT2D eigenvalue weighted by molar-refractivity contribution is 7.99. The van der Waals surface area contributed by atoms with Gasteiger partial charge in [0.1, 0.15) is 0 Å². The predicted octanol–water partition coefficient (Wildman–Crippen LogP) is 0.638. The summed E-state index contributed by atoms with van der Waals surface area (Å²) in [6.07, 6.45) is 3.29. The number of rotatable bonds is 7. The summed E-state index contributed by atoms with van der Waals surface area (Å²) in [4.78, 5) is 0. The van der Waals surface area contributed by atoms with Crippen LogP contribution in [0.25, 0.3) is 0 Å². The van der Waals surface area contributed by atoms with Crippen molar-refractivity contribution < 1.29 is 14.6 Å². The van der Waals surface area contributed by atoms with E-state index in [-0.39, 0.29) is 6.10 Å². The van der Waals surface area contributed by atoms with E-state index in [1.807, 2.05) is 11.8 Å². The molecule has 2 rings (SSSR count). The lowest BCUT2D eigenvalue weighted by Gasteiger charge is -2.17. The van der Waals surface area contributed by atoms with E-state index in [0.717, 1.165) is 19.4 Å². The first kappa shape index (κ1) is 13.6. The Bertz CT molecular complexity index is 206. The van der Waals surface area contributed by atoms with Crippen LogP contribution in [-0.2, 0) is 9.47 Å². The minimum Gasteiger partial charge on any atom is -0.389 e. The maximum atomic E-state index is 9.75. The van der Waals surface area contributed by atoms with Crippen LogP contribution >= 0.6 is 11.8 Å². The average Bonchev–Trinajstić information content (AvgIpc) is 2.99. The highest BCUT2D eigenvalue weighted by Crippen LogP contribution is 2.16. The molecule has 0 saturated carbocycles. The Balaban J connectivity index is 1.46. The predicted molar refractivity (Wildman–Crippen MR) is 69.5 cm³/mol. The molecule has 0 aromatic carbocycles. The molecule has 2 N–H and O–H groups in total. The van der Waals surface area contributed by atoms with Crippen molar-refractivity contribution in [3.63, 3.8) is 0 Å². The van der Waals surface area contributed by atoms with Crippen molar-refractivity contribution in [2.75, 3.05) is 37.9 Å². The summed E-state index contributed by atoms with van der Waals surface area (Å²) in [5.41, 5.74) is 0. The van der Waals surface area contributed by atoms with Crippen LogP contribution in [-0.4, -0.2) is 61.2 Å². The summed E-state index contributed by atoms with van der Waals surface area (Å²) in [5.74, 6) is 2.41. The molecule has 4 nitrogen and oxygen atoms in total. The van der Waals surface area contributed by atoms with Crippen LogP contribution in [0.3, 0.4) is 0 Å². The van der Waals surface area contributed by atoms with Gasteiger partial charge in [-0.3, -0.25) is 0 Å². The average molecular weight is 261 g/mol. The minimum atomic E-state index is -0.401. The second-order valence-corrected chi connectivity index (χ2v) is 5.94. The zero-order valence-electron chi connectivity index (χ0n) is 10.3. The third-order valence-electron chi connectivity index (χ3n) is 3.21. The van der Waals surface area contributed by atoms with Gasteiger partial charge in [0.2, 0.25) is 0 Å². The van der Waals surface area contributed by atoms with Crippen molar-refractivity contribution in [2.24, 2.45) is 0 Å². The lowest BCUT2D eigenvalue weighted by atomic mass is 10.2. The van der Waals surface area contributed by atoms with E-state index < -0.39 is 6.10 Å². The third-order valence-corrected chi connectivity index (χ3v) is 4.37. The molecule has 0 amide bonds. The highest BCUT2D eigenvalue weighted by atomic mass is 32.2.